The first-order valence-corrected chi connectivity index (χ1v) is 8.33. The molecule has 0 aliphatic heterocycles. The number of carboxylic acid groups (broad SMARTS) is 1. The highest BCUT2D eigenvalue weighted by atomic mass is 16.4. The van der Waals surface area contributed by atoms with Gasteiger partial charge in [-0.3, -0.25) is 0 Å². The van der Waals surface area contributed by atoms with Crippen LogP contribution in [0.4, 0.5) is 0 Å². The van der Waals surface area contributed by atoms with Crippen molar-refractivity contribution in [2.75, 3.05) is 0 Å². The summed E-state index contributed by atoms with van der Waals surface area (Å²) in [6, 6.07) is 0. The molecule has 0 spiro atoms. The quantitative estimate of drug-likeness (QED) is 0.541. The highest BCUT2D eigenvalue weighted by molar-refractivity contribution is 5.81. The highest BCUT2D eigenvalue weighted by Crippen LogP contribution is 2.65. The fraction of sp³-hybridized carbons (Fsp3) is 0.476. The lowest BCUT2D eigenvalue weighted by Crippen LogP contribution is -2.29. The van der Waals surface area contributed by atoms with E-state index in [9.17, 15) is 4.79 Å². The number of carbonyl (C=O) groups is 1. The Morgan fingerprint density at radius 1 is 1.22 bits per heavy atom. The van der Waals surface area contributed by atoms with Gasteiger partial charge in [0.2, 0.25) is 0 Å². The van der Waals surface area contributed by atoms with Crippen LogP contribution in [0.25, 0.3) is 0 Å². The standard InChI is InChI=1S/C21H28O2/c1-15(7-6-8-16(2)13-19(22)23)9-10-18-14-17-11-12-21(18,5)20(17,3)4/h6-10,13-14,17H,11-12H2,1-5H3,(H,22,23)/b8-6+,10-9+,15-7-,16-13+/t17-,21+/m1/s1. The van der Waals surface area contributed by atoms with Gasteiger partial charge in [-0.25, -0.2) is 4.79 Å². The Balaban J connectivity index is 2.04. The van der Waals surface area contributed by atoms with Crippen LogP contribution in [0.3, 0.4) is 0 Å². The monoisotopic (exact) mass is 312 g/mol. The summed E-state index contributed by atoms with van der Waals surface area (Å²) >= 11 is 0. The van der Waals surface area contributed by atoms with Gasteiger partial charge < -0.3 is 5.11 Å². The second-order valence-electron chi connectivity index (χ2n) is 7.65. The normalized spacial score (nSPS) is 30.5. The minimum absolute atomic E-state index is 0.297. The molecule has 0 radical (unpaired) electrons. The lowest BCUT2D eigenvalue weighted by atomic mass is 9.67. The number of aliphatic carboxylic acids is 1. The summed E-state index contributed by atoms with van der Waals surface area (Å²) in [5.41, 5.74) is 4.02. The zero-order valence-electron chi connectivity index (χ0n) is 14.9. The molecule has 0 aromatic rings. The lowest BCUT2D eigenvalue weighted by Gasteiger charge is -2.36. The van der Waals surface area contributed by atoms with Crippen molar-refractivity contribution in [1.82, 2.24) is 0 Å². The van der Waals surface area contributed by atoms with Crippen LogP contribution in [0.5, 0.6) is 0 Å². The molecule has 0 unspecified atom stereocenters. The predicted octanol–water partition coefficient (Wildman–Crippen LogP) is 5.46. The van der Waals surface area contributed by atoms with Gasteiger partial charge in [-0.2, -0.15) is 0 Å². The molecule has 1 N–H and O–H groups in total. The van der Waals surface area contributed by atoms with Gasteiger partial charge in [0.25, 0.3) is 0 Å². The SMILES string of the molecule is CC(=C/C=C/C(C)=C/C(=O)O)/C=C/C1=C[C@H]2CC[C@]1(C)C2(C)C. The first-order chi connectivity index (χ1) is 10.7. The molecule has 2 aliphatic carbocycles. The average Bonchev–Trinajstić information content (AvgIpc) is 2.77. The van der Waals surface area contributed by atoms with Gasteiger partial charge >= 0.3 is 5.97 Å². The van der Waals surface area contributed by atoms with Crippen LogP contribution in [-0.2, 0) is 4.79 Å². The number of rotatable bonds is 5. The van der Waals surface area contributed by atoms with E-state index in [4.69, 9.17) is 5.11 Å². The van der Waals surface area contributed by atoms with Crippen molar-refractivity contribution < 1.29 is 9.90 Å². The minimum atomic E-state index is -0.910. The van der Waals surface area contributed by atoms with E-state index in [1.54, 1.807) is 6.92 Å². The molecule has 1 fully saturated rings. The number of hydrogen-bond acceptors (Lipinski definition) is 1. The molecule has 23 heavy (non-hydrogen) atoms. The van der Waals surface area contributed by atoms with Crippen LogP contribution >= 0.6 is 0 Å². The summed E-state index contributed by atoms with van der Waals surface area (Å²) in [4.78, 5) is 10.6. The Morgan fingerprint density at radius 2 is 1.91 bits per heavy atom. The molecular weight excluding hydrogens is 284 g/mol. The number of allylic oxidation sites excluding steroid dienone is 9. The molecule has 2 aliphatic rings. The Hall–Kier alpha value is -1.83. The Kier molecular flexibility index (Phi) is 4.84. The van der Waals surface area contributed by atoms with E-state index in [2.05, 4.69) is 45.9 Å². The van der Waals surface area contributed by atoms with Crippen molar-refractivity contribution in [3.8, 4) is 0 Å². The van der Waals surface area contributed by atoms with Gasteiger partial charge in [0.05, 0.1) is 0 Å². The summed E-state index contributed by atoms with van der Waals surface area (Å²) in [7, 11) is 0. The van der Waals surface area contributed by atoms with Crippen molar-refractivity contribution in [2.24, 2.45) is 16.7 Å². The maximum absolute atomic E-state index is 10.6. The summed E-state index contributed by atoms with van der Waals surface area (Å²) in [6.45, 7) is 11.0. The molecule has 0 heterocycles. The summed E-state index contributed by atoms with van der Waals surface area (Å²) in [5.74, 6) is -0.202. The van der Waals surface area contributed by atoms with Crippen LogP contribution in [0.15, 0.2) is 59.3 Å². The second-order valence-corrected chi connectivity index (χ2v) is 7.65. The third kappa shape index (κ3) is 3.41. The number of fused-ring (bicyclic) bond motifs is 2. The average molecular weight is 312 g/mol. The highest BCUT2D eigenvalue weighted by Gasteiger charge is 2.56. The van der Waals surface area contributed by atoms with Gasteiger partial charge in [0.15, 0.2) is 0 Å². The van der Waals surface area contributed by atoms with Gasteiger partial charge in [0.1, 0.15) is 0 Å². The van der Waals surface area contributed by atoms with E-state index in [1.165, 1.54) is 24.5 Å². The van der Waals surface area contributed by atoms with Gasteiger partial charge in [-0.15, -0.1) is 0 Å². The first-order valence-electron chi connectivity index (χ1n) is 8.33. The smallest absolute Gasteiger partial charge is 0.328 e. The molecular formula is C21H28O2. The van der Waals surface area contributed by atoms with Gasteiger partial charge in [0, 0.05) is 6.08 Å². The molecule has 124 valence electrons. The maximum Gasteiger partial charge on any atom is 0.328 e. The molecule has 2 bridgehead atoms. The summed E-state index contributed by atoms with van der Waals surface area (Å²) in [5, 5.41) is 8.67. The zero-order chi connectivity index (χ0) is 17.3. The van der Waals surface area contributed by atoms with E-state index in [0.717, 1.165) is 11.1 Å². The molecule has 2 heteroatoms. The van der Waals surface area contributed by atoms with Crippen molar-refractivity contribution in [3.63, 3.8) is 0 Å². The molecule has 0 aromatic heterocycles. The third-order valence-corrected chi connectivity index (χ3v) is 5.92. The molecule has 1 saturated carbocycles. The number of carboxylic acids is 1. The topological polar surface area (TPSA) is 37.3 Å². The van der Waals surface area contributed by atoms with Gasteiger partial charge in [-0.1, -0.05) is 62.8 Å². The molecule has 0 aromatic carbocycles. The Labute approximate surface area is 140 Å². The van der Waals surface area contributed by atoms with Crippen molar-refractivity contribution in [3.05, 3.63) is 59.3 Å². The predicted molar refractivity (Wildman–Crippen MR) is 96.1 cm³/mol. The largest absolute Gasteiger partial charge is 0.478 e. The van der Waals surface area contributed by atoms with E-state index in [-0.39, 0.29) is 0 Å². The van der Waals surface area contributed by atoms with Crippen molar-refractivity contribution in [2.45, 2.75) is 47.5 Å². The fourth-order valence-electron chi connectivity index (χ4n) is 3.86. The van der Waals surface area contributed by atoms with Crippen molar-refractivity contribution in [1.29, 1.82) is 0 Å². The Morgan fingerprint density at radius 3 is 2.43 bits per heavy atom. The summed E-state index contributed by atoms with van der Waals surface area (Å²) < 4.78 is 0. The van der Waals surface area contributed by atoms with Crippen LogP contribution in [0.1, 0.15) is 47.5 Å². The molecule has 2 rings (SSSR count). The molecule has 0 saturated heterocycles. The first kappa shape index (κ1) is 17.5. The second kappa shape index (κ2) is 6.35. The van der Waals surface area contributed by atoms with E-state index in [1.807, 2.05) is 18.2 Å². The van der Waals surface area contributed by atoms with E-state index < -0.39 is 5.97 Å². The third-order valence-electron chi connectivity index (χ3n) is 5.92. The number of hydrogen-bond donors (Lipinski definition) is 1. The van der Waals surface area contributed by atoms with Crippen LogP contribution in [0.2, 0.25) is 0 Å². The van der Waals surface area contributed by atoms with E-state index >= 15 is 0 Å². The van der Waals surface area contributed by atoms with Crippen LogP contribution < -0.4 is 0 Å². The van der Waals surface area contributed by atoms with Crippen LogP contribution in [0, 0.1) is 16.7 Å². The van der Waals surface area contributed by atoms with Gasteiger partial charge in [-0.05, 0) is 54.6 Å². The van der Waals surface area contributed by atoms with Crippen molar-refractivity contribution >= 4 is 5.97 Å². The molecule has 0 amide bonds. The fourth-order valence-corrected chi connectivity index (χ4v) is 3.86. The lowest BCUT2D eigenvalue weighted by molar-refractivity contribution is -0.131. The zero-order valence-corrected chi connectivity index (χ0v) is 14.9. The Bertz CT molecular complexity index is 641. The summed E-state index contributed by atoms with van der Waals surface area (Å²) in [6.07, 6.45) is 16.4. The van der Waals surface area contributed by atoms with Crippen LogP contribution in [-0.4, -0.2) is 11.1 Å². The molecule has 2 nitrogen and oxygen atoms in total. The van der Waals surface area contributed by atoms with E-state index in [0.29, 0.717) is 16.7 Å². The minimum Gasteiger partial charge on any atom is -0.478 e. The maximum atomic E-state index is 10.6. The molecule has 2 atom stereocenters.